The Bertz CT molecular complexity index is 19.1. The van der Waals surface area contributed by atoms with Gasteiger partial charge in [-0.1, -0.05) is 0 Å². The summed E-state index contributed by atoms with van der Waals surface area (Å²) in [6.45, 7) is 0. The van der Waals surface area contributed by atoms with Crippen molar-refractivity contribution in [2.24, 2.45) is 0 Å². The van der Waals surface area contributed by atoms with Gasteiger partial charge in [0.15, 0.2) is 0 Å². The first-order valence-corrected chi connectivity index (χ1v) is 5.93. The Labute approximate surface area is 33.7 Å². The third-order valence-corrected chi connectivity index (χ3v) is 0. The standard InChI is InChI=1S/Bi.4FH/h;4*1H/q+4;;;;/p-4. The Morgan fingerprint density at radius 3 is 0.800 bits per heavy atom. The van der Waals surface area contributed by atoms with Gasteiger partial charge in [0.25, 0.3) is 0 Å². The van der Waals surface area contributed by atoms with E-state index >= 15 is 0 Å². The van der Waals surface area contributed by atoms with E-state index in [1.54, 1.807) is 0 Å². The van der Waals surface area contributed by atoms with Gasteiger partial charge in [0, 0.05) is 0 Å². The zero-order chi connectivity index (χ0) is 4.50. The molecule has 5 heavy (non-hydrogen) atoms. The fraction of sp³-hybridized carbons (Fsp3) is 0. The van der Waals surface area contributed by atoms with Crippen molar-refractivity contribution in [3.63, 3.8) is 0 Å². The summed E-state index contributed by atoms with van der Waals surface area (Å²) in [4.78, 5) is 0. The molecule has 0 aliphatic carbocycles. The van der Waals surface area contributed by atoms with Gasteiger partial charge in [-0.25, -0.2) is 0 Å². The molecule has 33 valence electrons. The summed E-state index contributed by atoms with van der Waals surface area (Å²) in [5.74, 6) is 0. The Kier molecular flexibility index (Phi) is 1.54. The molecule has 0 aromatic rings. The van der Waals surface area contributed by atoms with E-state index in [-0.39, 0.29) is 0 Å². The van der Waals surface area contributed by atoms with Crippen molar-refractivity contribution in [2.75, 3.05) is 0 Å². The number of rotatable bonds is 0. The third-order valence-electron chi connectivity index (χ3n) is 0. The molecule has 0 saturated carbocycles. The zero-order valence-electron chi connectivity index (χ0n) is 1.96. The minimum absolute atomic E-state index is 7.22. The Hall–Kier alpha value is 0.603. The second-order valence-corrected chi connectivity index (χ2v) is 3.36. The molecule has 0 fully saturated rings. The molecule has 0 amide bonds. The van der Waals surface area contributed by atoms with E-state index in [2.05, 4.69) is 0 Å². The van der Waals surface area contributed by atoms with Crippen LogP contribution in [-0.2, 0) is 0 Å². The predicted molar refractivity (Wildman–Crippen MR) is 10.2 cm³/mol. The monoisotopic (exact) mass is 285 g/mol. The quantitative estimate of drug-likeness (QED) is 0.465. The molecular formula is BiF4. The van der Waals surface area contributed by atoms with E-state index < -0.39 is 22.7 Å². The molecule has 0 spiro atoms. The molecule has 0 aromatic carbocycles. The fourth-order valence-electron chi connectivity index (χ4n) is 0. The Morgan fingerprint density at radius 1 is 0.800 bits per heavy atom. The van der Waals surface area contributed by atoms with Crippen molar-refractivity contribution in [3.8, 4) is 0 Å². The van der Waals surface area contributed by atoms with E-state index in [9.17, 15) is 10.5 Å². The molecule has 0 heterocycles. The van der Waals surface area contributed by atoms with Gasteiger partial charge < -0.3 is 0 Å². The van der Waals surface area contributed by atoms with Crippen LogP contribution in [0.15, 0.2) is 0 Å². The summed E-state index contributed by atoms with van der Waals surface area (Å²) in [6, 6.07) is 0. The molecule has 0 nitrogen and oxygen atoms in total. The van der Waals surface area contributed by atoms with Crippen LogP contribution in [0.2, 0.25) is 0 Å². The van der Waals surface area contributed by atoms with Crippen LogP contribution in [0.25, 0.3) is 0 Å². The zero-order valence-corrected chi connectivity index (χ0v) is 5.44. The molecule has 0 saturated heterocycles. The second-order valence-electron chi connectivity index (χ2n) is 0.383. The molecule has 0 atom stereocenters. The molecule has 0 rings (SSSR count). The first kappa shape index (κ1) is 5.60. The van der Waals surface area contributed by atoms with Gasteiger partial charge in [0.2, 0.25) is 0 Å². The van der Waals surface area contributed by atoms with Gasteiger partial charge in [-0.3, -0.25) is 0 Å². The summed E-state index contributed by atoms with van der Waals surface area (Å²) >= 11 is -7.22. The normalized spacial score (nSPS) is 12.0. The maximum atomic E-state index is 9.90. The molecule has 0 aliphatic rings. The van der Waals surface area contributed by atoms with Crippen molar-refractivity contribution < 1.29 is 10.5 Å². The first-order valence-electron chi connectivity index (χ1n) is 0.676. The summed E-state index contributed by atoms with van der Waals surface area (Å²) in [5.41, 5.74) is 0. The molecule has 0 unspecified atom stereocenters. The molecule has 0 bridgehead atoms. The van der Waals surface area contributed by atoms with E-state index in [1.807, 2.05) is 0 Å². The first-order chi connectivity index (χ1) is 2.00. The van der Waals surface area contributed by atoms with E-state index in [0.717, 1.165) is 0 Å². The van der Waals surface area contributed by atoms with Crippen LogP contribution in [0.1, 0.15) is 0 Å². The van der Waals surface area contributed by atoms with Gasteiger partial charge in [0.05, 0.1) is 0 Å². The van der Waals surface area contributed by atoms with E-state index in [1.165, 1.54) is 0 Å². The van der Waals surface area contributed by atoms with Gasteiger partial charge in [-0.2, -0.15) is 0 Å². The second kappa shape index (κ2) is 1.37. The van der Waals surface area contributed by atoms with Crippen LogP contribution in [0.5, 0.6) is 0 Å². The van der Waals surface area contributed by atoms with Gasteiger partial charge in [-0.05, 0) is 0 Å². The van der Waals surface area contributed by atoms with Gasteiger partial charge >= 0.3 is 33.2 Å². The topological polar surface area (TPSA) is 0 Å². The fourth-order valence-corrected chi connectivity index (χ4v) is 0. The SMILES string of the molecule is [F][Bi]([F])([F])[F]. The van der Waals surface area contributed by atoms with Crippen LogP contribution in [-0.4, -0.2) is 22.7 Å². The van der Waals surface area contributed by atoms with Crippen molar-refractivity contribution in [2.45, 2.75) is 0 Å². The molecule has 0 N–H and O–H groups in total. The van der Waals surface area contributed by atoms with Gasteiger partial charge in [0.1, 0.15) is 0 Å². The number of halogens is 4. The maximum absolute atomic E-state index is 9.90. The van der Waals surface area contributed by atoms with Crippen LogP contribution in [0, 0.1) is 0 Å². The van der Waals surface area contributed by atoms with Crippen LogP contribution in [0.3, 0.4) is 0 Å². The number of hydrogen-bond donors (Lipinski definition) is 0. The van der Waals surface area contributed by atoms with Crippen molar-refractivity contribution in [1.82, 2.24) is 0 Å². The van der Waals surface area contributed by atoms with E-state index in [0.29, 0.717) is 0 Å². The Morgan fingerprint density at radius 2 is 0.800 bits per heavy atom. The summed E-state index contributed by atoms with van der Waals surface area (Å²) in [5, 5.41) is 0. The molecule has 0 aliphatic heterocycles. The van der Waals surface area contributed by atoms with Crippen LogP contribution in [0.4, 0.5) is 10.5 Å². The minimum atomic E-state index is -7.22. The predicted octanol–water partition coefficient (Wildman–Crippen LogP) is 1.30. The van der Waals surface area contributed by atoms with E-state index in [4.69, 9.17) is 0 Å². The summed E-state index contributed by atoms with van der Waals surface area (Å²) in [7, 11) is 0. The van der Waals surface area contributed by atoms with Crippen LogP contribution >= 0.6 is 0 Å². The average molecular weight is 285 g/mol. The van der Waals surface area contributed by atoms with Crippen molar-refractivity contribution in [1.29, 1.82) is 0 Å². The molecular weight excluding hydrogens is 285 g/mol. The van der Waals surface area contributed by atoms with Crippen molar-refractivity contribution >= 4 is 22.7 Å². The molecule has 5 heteroatoms. The number of hydrogen-bond acceptors (Lipinski definition) is 0. The summed E-state index contributed by atoms with van der Waals surface area (Å²) in [6.07, 6.45) is 0. The average Bonchev–Trinajstić information content (AvgIpc) is 0.722. The molecule has 1 radical (unpaired) electrons. The van der Waals surface area contributed by atoms with Gasteiger partial charge in [-0.15, -0.1) is 0 Å². The Balaban J connectivity index is 3.02. The third kappa shape index (κ3) is 85.8. The van der Waals surface area contributed by atoms with Crippen molar-refractivity contribution in [3.05, 3.63) is 0 Å². The summed E-state index contributed by atoms with van der Waals surface area (Å²) < 4.78 is 39.6. The van der Waals surface area contributed by atoms with Crippen LogP contribution < -0.4 is 0 Å². The molecule has 0 aromatic heterocycles.